The molecule has 39 heavy (non-hydrogen) atoms. The molecule has 5 nitrogen and oxygen atoms in total. The molecule has 4 aromatic rings. The van der Waals surface area contributed by atoms with Crippen LogP contribution in [0.3, 0.4) is 0 Å². The van der Waals surface area contributed by atoms with Gasteiger partial charge in [0, 0.05) is 0 Å². The predicted molar refractivity (Wildman–Crippen MR) is 153 cm³/mol. The number of furan rings is 1. The Morgan fingerprint density at radius 2 is 1.41 bits per heavy atom. The van der Waals surface area contributed by atoms with Gasteiger partial charge in [-0.1, -0.05) is 0 Å². The third-order valence-electron chi connectivity index (χ3n) is 7.33. The number of rotatable bonds is 12. The van der Waals surface area contributed by atoms with Crippen LogP contribution in [0.2, 0.25) is 4.82 Å². The van der Waals surface area contributed by atoms with E-state index in [0.29, 0.717) is 32.8 Å². The van der Waals surface area contributed by atoms with Crippen LogP contribution in [0.15, 0.2) is 114 Å². The molecule has 0 aliphatic carbocycles. The summed E-state index contributed by atoms with van der Waals surface area (Å²) < 4.78 is 26.2. The summed E-state index contributed by atoms with van der Waals surface area (Å²) in [4.78, 5) is -0.141. The fourth-order valence-electron chi connectivity index (χ4n) is 5.10. The normalized spacial score (nSPS) is 25.0. The van der Waals surface area contributed by atoms with E-state index in [0.717, 1.165) is 16.9 Å². The van der Waals surface area contributed by atoms with Gasteiger partial charge >= 0.3 is 238 Å². The second-order valence-corrected chi connectivity index (χ2v) is 12.8. The Kier molecular flexibility index (Phi) is 9.70. The Balaban J connectivity index is 1.35. The summed E-state index contributed by atoms with van der Waals surface area (Å²) >= 11 is -0.0480. The molecule has 204 valence electrons. The molecule has 5 atom stereocenters. The van der Waals surface area contributed by atoms with Gasteiger partial charge in [0.25, 0.3) is 0 Å². The molecule has 0 bridgehead atoms. The number of benzene rings is 3. The second kappa shape index (κ2) is 13.6. The monoisotopic (exact) mass is 592 g/mol. The maximum absolute atomic E-state index is 12.1. The van der Waals surface area contributed by atoms with Gasteiger partial charge < -0.3 is 0 Å². The summed E-state index contributed by atoms with van der Waals surface area (Å²) in [5.41, 5.74) is 1.61. The average Bonchev–Trinajstić information content (AvgIpc) is 3.51. The molecule has 6 heteroatoms. The zero-order valence-corrected chi connectivity index (χ0v) is 23.9. The molecule has 0 spiro atoms. The van der Waals surface area contributed by atoms with Gasteiger partial charge in [-0.15, -0.1) is 0 Å². The summed E-state index contributed by atoms with van der Waals surface area (Å²) in [6.45, 7) is 4.00. The first-order valence-corrected chi connectivity index (χ1v) is 15.3. The van der Waals surface area contributed by atoms with Crippen molar-refractivity contribution in [2.24, 2.45) is 5.41 Å². The zero-order chi connectivity index (χ0) is 26.9. The summed E-state index contributed by atoms with van der Waals surface area (Å²) in [7, 11) is 0. The molecule has 3 aromatic carbocycles. The number of hydrogen-bond donors (Lipinski definition) is 1. The van der Waals surface area contributed by atoms with Gasteiger partial charge in [0.15, 0.2) is 0 Å². The Morgan fingerprint density at radius 1 is 0.795 bits per heavy atom. The van der Waals surface area contributed by atoms with E-state index in [1.54, 1.807) is 6.26 Å². The second-order valence-electron chi connectivity index (χ2n) is 10.2. The first kappa shape index (κ1) is 27.9. The van der Waals surface area contributed by atoms with Crippen LogP contribution in [0.4, 0.5) is 0 Å². The van der Waals surface area contributed by atoms with Gasteiger partial charge in [-0.25, -0.2) is 0 Å². The molecule has 5 rings (SSSR count). The Morgan fingerprint density at radius 3 is 2.03 bits per heavy atom. The van der Waals surface area contributed by atoms with E-state index in [1.807, 2.05) is 66.7 Å². The maximum atomic E-state index is 12.1. The van der Waals surface area contributed by atoms with Gasteiger partial charge in [-0.05, 0) is 0 Å². The fraction of sp³-hybridized carbons (Fsp3) is 0.333. The van der Waals surface area contributed by atoms with E-state index in [4.69, 9.17) is 18.6 Å². The molecule has 0 unspecified atom stereocenters. The predicted octanol–water partition coefficient (Wildman–Crippen LogP) is 5.73. The topological polar surface area (TPSA) is 61.1 Å². The summed E-state index contributed by atoms with van der Waals surface area (Å²) in [6.07, 6.45) is 1.02. The SMILES string of the molecule is C[C@@]1(COCc2ccccc2)[C@@H](CCOCc2ccccc2)O[C@@H](c2ccco2)[C@H]([Se]c2ccccc2)[C@@H]1O. The van der Waals surface area contributed by atoms with Crippen molar-refractivity contribution in [3.8, 4) is 0 Å². The van der Waals surface area contributed by atoms with Gasteiger partial charge in [0.05, 0.1) is 0 Å². The Bertz CT molecular complexity index is 1240. The zero-order valence-electron chi connectivity index (χ0n) is 22.2. The molecule has 1 aliphatic heterocycles. The molecule has 2 heterocycles. The van der Waals surface area contributed by atoms with Crippen LogP contribution in [-0.4, -0.2) is 45.5 Å². The van der Waals surface area contributed by atoms with Crippen LogP contribution in [0.1, 0.15) is 36.3 Å². The Labute approximate surface area is 237 Å². The first-order chi connectivity index (χ1) is 19.1. The number of aliphatic hydroxyl groups is 1. The Hall–Kier alpha value is -2.70. The fourth-order valence-corrected chi connectivity index (χ4v) is 8.02. The van der Waals surface area contributed by atoms with Crippen LogP contribution in [0, 0.1) is 5.41 Å². The quantitative estimate of drug-likeness (QED) is 0.169. The van der Waals surface area contributed by atoms with Crippen molar-refractivity contribution in [2.75, 3.05) is 13.2 Å². The summed E-state index contributed by atoms with van der Waals surface area (Å²) in [5.74, 6) is 0.749. The van der Waals surface area contributed by atoms with Crippen molar-refractivity contribution >= 4 is 19.4 Å². The van der Waals surface area contributed by atoms with Crippen molar-refractivity contribution in [2.45, 2.75) is 49.7 Å². The molecule has 1 N–H and O–H groups in total. The minimum absolute atomic E-state index is 0.0480. The summed E-state index contributed by atoms with van der Waals surface area (Å²) in [6, 6.07) is 34.5. The van der Waals surface area contributed by atoms with Gasteiger partial charge in [-0.2, -0.15) is 0 Å². The van der Waals surface area contributed by atoms with Crippen molar-refractivity contribution in [3.05, 3.63) is 126 Å². The van der Waals surface area contributed by atoms with Gasteiger partial charge in [0.2, 0.25) is 0 Å². The van der Waals surface area contributed by atoms with Crippen molar-refractivity contribution in [3.63, 3.8) is 0 Å². The van der Waals surface area contributed by atoms with Crippen molar-refractivity contribution in [1.82, 2.24) is 0 Å². The van der Waals surface area contributed by atoms with E-state index >= 15 is 0 Å². The van der Waals surface area contributed by atoms with Crippen LogP contribution >= 0.6 is 0 Å². The first-order valence-electron chi connectivity index (χ1n) is 13.5. The van der Waals surface area contributed by atoms with Crippen molar-refractivity contribution in [1.29, 1.82) is 0 Å². The van der Waals surface area contributed by atoms with Crippen molar-refractivity contribution < 1.29 is 23.7 Å². The van der Waals surface area contributed by atoms with E-state index < -0.39 is 11.5 Å². The molecule has 0 radical (unpaired) electrons. The van der Waals surface area contributed by atoms with E-state index in [9.17, 15) is 5.11 Å². The van der Waals surface area contributed by atoms with Crippen LogP contribution in [0.25, 0.3) is 0 Å². The molecule has 0 saturated carbocycles. The molecule has 1 fully saturated rings. The average molecular weight is 592 g/mol. The number of aliphatic hydroxyl groups excluding tert-OH is 1. The van der Waals surface area contributed by atoms with Crippen LogP contribution in [0.5, 0.6) is 0 Å². The van der Waals surface area contributed by atoms with E-state index in [1.165, 1.54) is 4.46 Å². The molecular formula is C33H36O5Se. The van der Waals surface area contributed by atoms with Gasteiger partial charge in [0.1, 0.15) is 0 Å². The molecule has 1 aliphatic rings. The third-order valence-corrected chi connectivity index (χ3v) is 10.1. The third kappa shape index (κ3) is 7.09. The molecule has 0 amide bonds. The number of hydrogen-bond acceptors (Lipinski definition) is 5. The number of ether oxygens (including phenoxy) is 3. The molecule has 1 aromatic heterocycles. The van der Waals surface area contributed by atoms with Crippen LogP contribution in [-0.2, 0) is 27.4 Å². The van der Waals surface area contributed by atoms with Crippen LogP contribution < -0.4 is 4.46 Å². The van der Waals surface area contributed by atoms with E-state index in [2.05, 4.69) is 43.3 Å². The minimum atomic E-state index is -0.656. The summed E-state index contributed by atoms with van der Waals surface area (Å²) in [5, 5.41) is 12.1. The van der Waals surface area contributed by atoms with Gasteiger partial charge in [-0.3, -0.25) is 0 Å². The van der Waals surface area contributed by atoms with E-state index in [-0.39, 0.29) is 32.0 Å². The molecular weight excluding hydrogens is 555 g/mol. The molecule has 1 saturated heterocycles. The standard InChI is InChI=1S/C33H36O5Se/c1-33(24-36-23-26-14-7-3-8-15-26)29(19-21-35-22-25-12-5-2-6-13-25)38-30(28-18-11-20-37-28)31(32(33)34)39-27-16-9-4-10-17-27/h2-18,20,29-32,34H,19,21-24H2,1H3/t29-,30+,31+,32+,33-/m1/s1.